The molecule has 7 nitrogen and oxygen atoms in total. The lowest BCUT2D eigenvalue weighted by atomic mass is 10.0. The molecule has 0 spiro atoms. The standard InChI is InChI=1S/C11H21N3O4/c1-2-3-7(6-12)10(16)14-8(11(17)18)4-5-9(13)15/h7-8H,2-6,12H2,1H3,(H2,13,15)(H,14,16)(H,17,18)/t7?,8-/m0/s1. The van der Waals surface area contributed by atoms with Crippen LogP contribution in [0.25, 0.3) is 0 Å². The number of carboxylic acid groups (broad SMARTS) is 1. The number of nitrogens with one attached hydrogen (secondary N) is 1. The molecule has 0 aliphatic carbocycles. The maximum atomic E-state index is 11.8. The van der Waals surface area contributed by atoms with Gasteiger partial charge in [0.2, 0.25) is 11.8 Å². The smallest absolute Gasteiger partial charge is 0.326 e. The maximum absolute atomic E-state index is 11.8. The zero-order valence-corrected chi connectivity index (χ0v) is 10.5. The zero-order valence-electron chi connectivity index (χ0n) is 10.5. The Morgan fingerprint density at radius 2 is 1.89 bits per heavy atom. The summed E-state index contributed by atoms with van der Waals surface area (Å²) in [7, 11) is 0. The first-order valence-corrected chi connectivity index (χ1v) is 5.93. The first-order chi connectivity index (χ1) is 8.42. The van der Waals surface area contributed by atoms with Crippen molar-refractivity contribution in [1.29, 1.82) is 0 Å². The molecule has 0 rings (SSSR count). The van der Waals surface area contributed by atoms with E-state index in [9.17, 15) is 14.4 Å². The molecule has 0 fully saturated rings. The molecule has 18 heavy (non-hydrogen) atoms. The van der Waals surface area contributed by atoms with Crippen molar-refractivity contribution in [2.75, 3.05) is 6.54 Å². The van der Waals surface area contributed by atoms with Crippen LogP contribution in [0.1, 0.15) is 32.6 Å². The lowest BCUT2D eigenvalue weighted by Gasteiger charge is -2.18. The highest BCUT2D eigenvalue weighted by atomic mass is 16.4. The topological polar surface area (TPSA) is 136 Å². The second-order valence-electron chi connectivity index (χ2n) is 4.13. The number of amides is 2. The van der Waals surface area contributed by atoms with Crippen LogP contribution in [0.3, 0.4) is 0 Å². The van der Waals surface area contributed by atoms with Gasteiger partial charge in [-0.3, -0.25) is 9.59 Å². The van der Waals surface area contributed by atoms with Gasteiger partial charge in [0, 0.05) is 13.0 Å². The largest absolute Gasteiger partial charge is 0.480 e. The SMILES string of the molecule is CCCC(CN)C(=O)N[C@@H](CCC(N)=O)C(=O)O. The summed E-state index contributed by atoms with van der Waals surface area (Å²) in [5, 5.41) is 11.3. The highest BCUT2D eigenvalue weighted by molar-refractivity contribution is 5.85. The predicted octanol–water partition coefficient (Wildman–Crippen LogP) is -0.804. The normalized spacial score (nSPS) is 13.7. The molecule has 7 heteroatoms. The molecule has 1 unspecified atom stereocenters. The maximum Gasteiger partial charge on any atom is 0.326 e. The number of rotatable bonds is 9. The molecule has 104 valence electrons. The van der Waals surface area contributed by atoms with Gasteiger partial charge in [0.05, 0.1) is 5.92 Å². The molecule has 0 heterocycles. The minimum absolute atomic E-state index is 0.0141. The van der Waals surface area contributed by atoms with Crippen LogP contribution in [0.4, 0.5) is 0 Å². The summed E-state index contributed by atoms with van der Waals surface area (Å²) in [4.78, 5) is 33.3. The van der Waals surface area contributed by atoms with Gasteiger partial charge in [-0.15, -0.1) is 0 Å². The van der Waals surface area contributed by atoms with E-state index in [0.717, 1.165) is 6.42 Å². The Morgan fingerprint density at radius 3 is 2.28 bits per heavy atom. The second kappa shape index (κ2) is 8.46. The van der Waals surface area contributed by atoms with Gasteiger partial charge in [-0.25, -0.2) is 4.79 Å². The van der Waals surface area contributed by atoms with Gasteiger partial charge < -0.3 is 21.9 Å². The first-order valence-electron chi connectivity index (χ1n) is 5.93. The summed E-state index contributed by atoms with van der Waals surface area (Å²) in [6, 6.07) is -1.10. The summed E-state index contributed by atoms with van der Waals surface area (Å²) < 4.78 is 0. The molecular weight excluding hydrogens is 238 g/mol. The highest BCUT2D eigenvalue weighted by Gasteiger charge is 2.24. The summed E-state index contributed by atoms with van der Waals surface area (Å²) in [6.45, 7) is 2.08. The van der Waals surface area contributed by atoms with Gasteiger partial charge in [0.25, 0.3) is 0 Å². The number of aliphatic carboxylic acids is 1. The number of primary amides is 1. The van der Waals surface area contributed by atoms with E-state index in [4.69, 9.17) is 16.6 Å². The molecule has 0 aromatic rings. The monoisotopic (exact) mass is 259 g/mol. The van der Waals surface area contributed by atoms with Crippen LogP contribution in [-0.4, -0.2) is 35.5 Å². The van der Waals surface area contributed by atoms with Crippen LogP contribution in [0, 0.1) is 5.92 Å². The number of hydrogen-bond donors (Lipinski definition) is 4. The van der Waals surface area contributed by atoms with Crippen LogP contribution in [0.15, 0.2) is 0 Å². The molecular formula is C11H21N3O4. The number of hydrogen-bond acceptors (Lipinski definition) is 4. The Labute approximate surface area is 106 Å². The predicted molar refractivity (Wildman–Crippen MR) is 65.4 cm³/mol. The lowest BCUT2D eigenvalue weighted by Crippen LogP contribution is -2.45. The fraction of sp³-hybridized carbons (Fsp3) is 0.727. The molecule has 0 aliphatic heterocycles. The number of carboxylic acids is 1. The van der Waals surface area contributed by atoms with Crippen LogP contribution < -0.4 is 16.8 Å². The van der Waals surface area contributed by atoms with Crippen molar-refractivity contribution >= 4 is 17.8 Å². The third-order valence-electron chi connectivity index (χ3n) is 2.59. The molecule has 0 saturated heterocycles. The van der Waals surface area contributed by atoms with Crippen molar-refractivity contribution in [3.63, 3.8) is 0 Å². The van der Waals surface area contributed by atoms with Gasteiger partial charge in [-0.05, 0) is 12.8 Å². The summed E-state index contributed by atoms with van der Waals surface area (Å²) in [5.74, 6) is -2.57. The molecule has 0 aromatic carbocycles. The van der Waals surface area contributed by atoms with E-state index >= 15 is 0 Å². The van der Waals surface area contributed by atoms with Gasteiger partial charge in [0.1, 0.15) is 6.04 Å². The minimum atomic E-state index is -1.18. The molecule has 0 aromatic heterocycles. The summed E-state index contributed by atoms with van der Waals surface area (Å²) in [6.07, 6.45) is 1.29. The molecule has 0 radical (unpaired) electrons. The average Bonchev–Trinajstić information content (AvgIpc) is 2.30. The number of carbonyl (C=O) groups is 3. The lowest BCUT2D eigenvalue weighted by molar-refractivity contribution is -0.142. The molecule has 0 aliphatic rings. The van der Waals surface area contributed by atoms with Crippen molar-refractivity contribution in [2.45, 2.75) is 38.6 Å². The quantitative estimate of drug-likeness (QED) is 0.429. The Bertz CT molecular complexity index is 307. The number of carbonyl (C=O) groups excluding carboxylic acids is 2. The van der Waals surface area contributed by atoms with Crippen molar-refractivity contribution < 1.29 is 19.5 Å². The average molecular weight is 259 g/mol. The van der Waals surface area contributed by atoms with Crippen molar-refractivity contribution in [1.82, 2.24) is 5.32 Å². The van der Waals surface area contributed by atoms with E-state index in [1.807, 2.05) is 6.92 Å². The van der Waals surface area contributed by atoms with E-state index in [0.29, 0.717) is 6.42 Å². The van der Waals surface area contributed by atoms with E-state index in [1.165, 1.54) is 0 Å². The van der Waals surface area contributed by atoms with Gasteiger partial charge in [-0.1, -0.05) is 13.3 Å². The Hall–Kier alpha value is -1.63. The van der Waals surface area contributed by atoms with Gasteiger partial charge in [-0.2, -0.15) is 0 Å². The van der Waals surface area contributed by atoms with Crippen molar-refractivity contribution in [2.24, 2.45) is 17.4 Å². The van der Waals surface area contributed by atoms with Crippen LogP contribution in [0.2, 0.25) is 0 Å². The summed E-state index contributed by atoms with van der Waals surface area (Å²) >= 11 is 0. The zero-order chi connectivity index (χ0) is 14.1. The third kappa shape index (κ3) is 6.19. The molecule has 0 saturated carbocycles. The molecule has 2 atom stereocenters. The van der Waals surface area contributed by atoms with Crippen LogP contribution in [-0.2, 0) is 14.4 Å². The Balaban J connectivity index is 4.42. The van der Waals surface area contributed by atoms with Crippen LogP contribution >= 0.6 is 0 Å². The van der Waals surface area contributed by atoms with Crippen molar-refractivity contribution in [3.8, 4) is 0 Å². The number of nitrogens with two attached hydrogens (primary N) is 2. The van der Waals surface area contributed by atoms with Gasteiger partial charge in [0.15, 0.2) is 0 Å². The minimum Gasteiger partial charge on any atom is -0.480 e. The highest BCUT2D eigenvalue weighted by Crippen LogP contribution is 2.06. The van der Waals surface area contributed by atoms with E-state index < -0.39 is 29.7 Å². The second-order valence-corrected chi connectivity index (χ2v) is 4.13. The van der Waals surface area contributed by atoms with E-state index in [-0.39, 0.29) is 19.4 Å². The van der Waals surface area contributed by atoms with Crippen molar-refractivity contribution in [3.05, 3.63) is 0 Å². The van der Waals surface area contributed by atoms with E-state index in [1.54, 1.807) is 0 Å². The Morgan fingerprint density at radius 1 is 1.28 bits per heavy atom. The summed E-state index contributed by atoms with van der Waals surface area (Å²) in [5.41, 5.74) is 10.4. The molecule has 0 bridgehead atoms. The van der Waals surface area contributed by atoms with Crippen LogP contribution in [0.5, 0.6) is 0 Å². The fourth-order valence-electron chi connectivity index (χ4n) is 1.54. The Kier molecular flexibility index (Phi) is 7.69. The first kappa shape index (κ1) is 16.4. The molecule has 2 amide bonds. The van der Waals surface area contributed by atoms with E-state index in [2.05, 4.69) is 5.32 Å². The molecule has 6 N–H and O–H groups in total. The van der Waals surface area contributed by atoms with Gasteiger partial charge >= 0.3 is 5.97 Å². The third-order valence-corrected chi connectivity index (χ3v) is 2.59. The fourth-order valence-corrected chi connectivity index (χ4v) is 1.54.